The summed E-state index contributed by atoms with van der Waals surface area (Å²) < 4.78 is 52.0. The minimum absolute atomic E-state index is 0.0929. The van der Waals surface area contributed by atoms with Crippen LogP contribution in [0.4, 0.5) is 24.7 Å². The topological polar surface area (TPSA) is 103 Å². The molecule has 12 heteroatoms. The number of benzene rings is 4. The fourth-order valence-corrected chi connectivity index (χ4v) is 5.22. The summed E-state index contributed by atoms with van der Waals surface area (Å²) in [4.78, 5) is 21.9. The number of para-hydroxylation sites is 1. The number of hydrogen-bond acceptors (Lipinski definition) is 7. The molecule has 47 heavy (non-hydrogen) atoms. The van der Waals surface area contributed by atoms with Crippen LogP contribution < -0.4 is 20.1 Å². The number of methoxy groups -OCH3 is 2. The van der Waals surface area contributed by atoms with Gasteiger partial charge in [0.15, 0.2) is 0 Å². The summed E-state index contributed by atoms with van der Waals surface area (Å²) >= 11 is 0. The average Bonchev–Trinajstić information content (AvgIpc) is 3.57. The minimum Gasteiger partial charge on any atom is -0.497 e. The van der Waals surface area contributed by atoms with Crippen LogP contribution in [0.1, 0.15) is 27.0 Å². The summed E-state index contributed by atoms with van der Waals surface area (Å²) in [6.07, 6.45) is 0.500. The Morgan fingerprint density at radius 2 is 1.77 bits per heavy atom. The molecule has 4 aromatic carbocycles. The number of anilines is 2. The van der Waals surface area contributed by atoms with Crippen molar-refractivity contribution in [3.05, 3.63) is 120 Å². The molecule has 9 nitrogen and oxygen atoms in total. The largest absolute Gasteiger partial charge is 0.497 e. The number of aromatic nitrogens is 4. The van der Waals surface area contributed by atoms with Crippen LogP contribution in [0.3, 0.4) is 0 Å². The number of carbonyl (C=O) groups is 1. The SMILES string of the molecule is COc1ccc(CNc2ncnc3c(-n4cc(-c5cc(NC(=O)c6cccc(C(F)(F)F)c6)ccc5C)cn4)cccc23)c(OC)c1. The van der Waals surface area contributed by atoms with E-state index in [4.69, 9.17) is 9.47 Å². The molecule has 0 saturated heterocycles. The molecule has 0 aliphatic carbocycles. The lowest BCUT2D eigenvalue weighted by molar-refractivity contribution is -0.137. The smallest absolute Gasteiger partial charge is 0.416 e. The Kier molecular flexibility index (Phi) is 8.49. The number of fused-ring (bicyclic) bond motifs is 1. The van der Waals surface area contributed by atoms with E-state index in [2.05, 4.69) is 25.7 Å². The number of carbonyl (C=O) groups excluding carboxylic acids is 1. The number of nitrogens with zero attached hydrogens (tertiary/aromatic N) is 4. The van der Waals surface area contributed by atoms with E-state index < -0.39 is 17.6 Å². The number of rotatable bonds is 9. The molecule has 6 aromatic rings. The monoisotopic (exact) mass is 638 g/mol. The maximum Gasteiger partial charge on any atom is 0.416 e. The molecule has 0 spiro atoms. The van der Waals surface area contributed by atoms with E-state index in [1.54, 1.807) is 37.2 Å². The van der Waals surface area contributed by atoms with Crippen molar-refractivity contribution in [3.8, 4) is 28.3 Å². The lowest BCUT2D eigenvalue weighted by atomic mass is 10.0. The van der Waals surface area contributed by atoms with Crippen molar-refractivity contribution in [2.45, 2.75) is 19.6 Å². The molecule has 0 aliphatic heterocycles. The van der Waals surface area contributed by atoms with E-state index in [0.29, 0.717) is 35.1 Å². The maximum atomic E-state index is 13.2. The lowest BCUT2D eigenvalue weighted by Gasteiger charge is -2.13. The van der Waals surface area contributed by atoms with Gasteiger partial charge < -0.3 is 20.1 Å². The van der Waals surface area contributed by atoms with E-state index in [9.17, 15) is 18.0 Å². The van der Waals surface area contributed by atoms with Gasteiger partial charge in [-0.2, -0.15) is 18.3 Å². The molecule has 0 aliphatic rings. The molecule has 0 fully saturated rings. The predicted octanol–water partition coefficient (Wildman–Crippen LogP) is 7.69. The molecule has 0 saturated carbocycles. The van der Waals surface area contributed by atoms with E-state index in [1.807, 2.05) is 55.6 Å². The van der Waals surface area contributed by atoms with Crippen molar-refractivity contribution in [2.75, 3.05) is 24.9 Å². The molecule has 2 N–H and O–H groups in total. The molecule has 0 radical (unpaired) electrons. The highest BCUT2D eigenvalue weighted by Crippen LogP contribution is 2.32. The molecule has 6 rings (SSSR count). The van der Waals surface area contributed by atoms with Crippen molar-refractivity contribution in [1.82, 2.24) is 19.7 Å². The van der Waals surface area contributed by atoms with Crippen LogP contribution in [0, 0.1) is 6.92 Å². The molecule has 2 heterocycles. The van der Waals surface area contributed by atoms with E-state index in [1.165, 1.54) is 18.5 Å². The highest BCUT2D eigenvalue weighted by atomic mass is 19.4. The van der Waals surface area contributed by atoms with Gasteiger partial charge >= 0.3 is 6.18 Å². The van der Waals surface area contributed by atoms with Crippen molar-refractivity contribution < 1.29 is 27.4 Å². The second-order valence-corrected chi connectivity index (χ2v) is 10.7. The number of hydrogen-bond donors (Lipinski definition) is 2. The maximum absolute atomic E-state index is 13.2. The second-order valence-electron chi connectivity index (χ2n) is 10.7. The number of ether oxygens (including phenoxy) is 2. The number of alkyl halides is 3. The molecule has 2 aromatic heterocycles. The normalized spacial score (nSPS) is 11.4. The first kappa shape index (κ1) is 31.1. The standard InChI is InChI=1S/C35H29F3N6O3/c1-21-10-12-26(43-34(45)22-6-4-7-25(14-22)35(36,37)38)15-29(21)24-18-42-44(19-24)30-9-5-8-28-32(30)40-20-41-33(28)39-17-23-11-13-27(46-2)16-31(23)47-3/h4-16,18-20H,17H2,1-3H3,(H,43,45)(H,39,40,41). The molecule has 0 bridgehead atoms. The first-order valence-corrected chi connectivity index (χ1v) is 14.5. The van der Waals surface area contributed by atoms with Crippen LogP contribution in [0.2, 0.25) is 0 Å². The quantitative estimate of drug-likeness (QED) is 0.167. The van der Waals surface area contributed by atoms with Gasteiger partial charge in [-0.25, -0.2) is 14.6 Å². The van der Waals surface area contributed by atoms with Crippen LogP contribution in [0.15, 0.2) is 97.6 Å². The zero-order valence-corrected chi connectivity index (χ0v) is 25.6. The van der Waals surface area contributed by atoms with Gasteiger partial charge in [0.25, 0.3) is 5.91 Å². The summed E-state index contributed by atoms with van der Waals surface area (Å²) in [5, 5.41) is 11.5. The van der Waals surface area contributed by atoms with Crippen LogP contribution in [0.25, 0.3) is 27.7 Å². The van der Waals surface area contributed by atoms with Crippen molar-refractivity contribution in [2.24, 2.45) is 0 Å². The van der Waals surface area contributed by atoms with E-state index in [-0.39, 0.29) is 5.56 Å². The number of nitrogens with one attached hydrogen (secondary N) is 2. The fourth-order valence-electron chi connectivity index (χ4n) is 5.22. The molecular formula is C35H29F3N6O3. The Bertz CT molecular complexity index is 2090. The minimum atomic E-state index is -4.55. The van der Waals surface area contributed by atoms with Gasteiger partial charge in [-0.15, -0.1) is 0 Å². The number of amides is 1. The summed E-state index contributed by atoms with van der Waals surface area (Å²) in [6, 6.07) is 21.0. The van der Waals surface area contributed by atoms with Crippen molar-refractivity contribution >= 4 is 28.3 Å². The first-order valence-electron chi connectivity index (χ1n) is 14.5. The highest BCUT2D eigenvalue weighted by Gasteiger charge is 2.31. The Balaban J connectivity index is 1.25. The average molecular weight is 639 g/mol. The van der Waals surface area contributed by atoms with Gasteiger partial charge in [0.05, 0.1) is 31.7 Å². The summed E-state index contributed by atoms with van der Waals surface area (Å²) in [5.41, 5.74) is 4.28. The summed E-state index contributed by atoms with van der Waals surface area (Å²) in [6.45, 7) is 2.38. The third-order valence-electron chi connectivity index (χ3n) is 7.67. The second kappa shape index (κ2) is 12.8. The molecular weight excluding hydrogens is 609 g/mol. The molecule has 0 atom stereocenters. The number of aryl methyl sites for hydroxylation is 1. The Morgan fingerprint density at radius 1 is 0.936 bits per heavy atom. The summed E-state index contributed by atoms with van der Waals surface area (Å²) in [5.74, 6) is 1.38. The van der Waals surface area contributed by atoms with Crippen molar-refractivity contribution in [3.63, 3.8) is 0 Å². The summed E-state index contributed by atoms with van der Waals surface area (Å²) in [7, 11) is 3.21. The van der Waals surface area contributed by atoms with Crippen LogP contribution in [-0.2, 0) is 12.7 Å². The third-order valence-corrected chi connectivity index (χ3v) is 7.67. The third kappa shape index (κ3) is 6.57. The predicted molar refractivity (Wildman–Crippen MR) is 173 cm³/mol. The number of halogens is 3. The van der Waals surface area contributed by atoms with Gasteiger partial charge in [-0.05, 0) is 72.6 Å². The Hall–Kier alpha value is -5.91. The van der Waals surface area contributed by atoms with Gasteiger partial charge in [0, 0.05) is 46.6 Å². The molecule has 0 unspecified atom stereocenters. The van der Waals surface area contributed by atoms with Crippen LogP contribution in [-0.4, -0.2) is 39.9 Å². The Labute approximate surface area is 268 Å². The zero-order valence-electron chi connectivity index (χ0n) is 25.6. The zero-order chi connectivity index (χ0) is 33.1. The van der Waals surface area contributed by atoms with Crippen LogP contribution in [0.5, 0.6) is 11.5 Å². The van der Waals surface area contributed by atoms with Gasteiger partial charge in [-0.3, -0.25) is 4.79 Å². The van der Waals surface area contributed by atoms with Gasteiger partial charge in [-0.1, -0.05) is 18.2 Å². The highest BCUT2D eigenvalue weighted by molar-refractivity contribution is 6.04. The molecule has 238 valence electrons. The molecule has 1 amide bonds. The fraction of sp³-hybridized carbons (Fsp3) is 0.143. The van der Waals surface area contributed by atoms with Gasteiger partial charge in [0.2, 0.25) is 0 Å². The first-order chi connectivity index (χ1) is 22.6. The van der Waals surface area contributed by atoms with E-state index in [0.717, 1.165) is 45.5 Å². The lowest BCUT2D eigenvalue weighted by Crippen LogP contribution is -2.14. The Morgan fingerprint density at radius 3 is 2.55 bits per heavy atom. The van der Waals surface area contributed by atoms with Crippen molar-refractivity contribution in [1.29, 1.82) is 0 Å². The van der Waals surface area contributed by atoms with E-state index >= 15 is 0 Å². The van der Waals surface area contributed by atoms with Crippen LogP contribution >= 0.6 is 0 Å². The van der Waals surface area contributed by atoms with Gasteiger partial charge in [0.1, 0.15) is 29.2 Å².